The number of pyridine rings is 1. The molecule has 0 saturated carbocycles. The van der Waals surface area contributed by atoms with E-state index in [1.165, 1.54) is 0 Å². The third-order valence-electron chi connectivity index (χ3n) is 5.94. The fourth-order valence-electron chi connectivity index (χ4n) is 4.06. The van der Waals surface area contributed by atoms with Crippen molar-refractivity contribution in [1.29, 1.82) is 0 Å². The van der Waals surface area contributed by atoms with Gasteiger partial charge in [0.05, 0.1) is 31.3 Å². The molecule has 2 aliphatic rings. The van der Waals surface area contributed by atoms with Crippen LogP contribution in [0, 0.1) is 5.82 Å². The van der Waals surface area contributed by atoms with Crippen LogP contribution >= 0.6 is 0 Å². The zero-order chi connectivity index (χ0) is 24.7. The molecule has 0 radical (unpaired) electrons. The number of rotatable bonds is 7. The number of hydrogen-bond donors (Lipinski definition) is 4. The van der Waals surface area contributed by atoms with E-state index in [-0.39, 0.29) is 17.5 Å². The number of aromatic nitrogens is 3. The minimum atomic E-state index is -0.531. The molecular formula is C24H28FN9O2. The lowest BCUT2D eigenvalue weighted by atomic mass is 10.2. The van der Waals surface area contributed by atoms with Crippen LogP contribution in [0.15, 0.2) is 48.8 Å². The van der Waals surface area contributed by atoms with Gasteiger partial charge in [-0.15, -0.1) is 0 Å². The van der Waals surface area contributed by atoms with E-state index in [1.54, 1.807) is 23.2 Å². The minimum Gasteiger partial charge on any atom is -0.378 e. The van der Waals surface area contributed by atoms with Crippen molar-refractivity contribution in [3.05, 3.63) is 60.3 Å². The summed E-state index contributed by atoms with van der Waals surface area (Å²) >= 11 is 0. The number of nitrogens with zero attached hydrogens (tertiary/aromatic N) is 5. The van der Waals surface area contributed by atoms with E-state index < -0.39 is 11.7 Å². The number of ether oxygens (including phenoxy) is 1. The summed E-state index contributed by atoms with van der Waals surface area (Å²) in [5.74, 6) is -0.756. The van der Waals surface area contributed by atoms with Crippen molar-refractivity contribution >= 4 is 34.7 Å². The highest BCUT2D eigenvalue weighted by atomic mass is 19.1. The van der Waals surface area contributed by atoms with Gasteiger partial charge in [-0.05, 0) is 30.3 Å². The molecule has 1 aromatic carbocycles. The van der Waals surface area contributed by atoms with Crippen LogP contribution in [0.2, 0.25) is 0 Å². The van der Waals surface area contributed by atoms with Gasteiger partial charge in [-0.2, -0.15) is 4.98 Å². The summed E-state index contributed by atoms with van der Waals surface area (Å²) in [7, 11) is 0. The largest absolute Gasteiger partial charge is 0.378 e. The maximum atomic E-state index is 14.2. The summed E-state index contributed by atoms with van der Waals surface area (Å²) in [5.41, 5.74) is 8.20. The van der Waals surface area contributed by atoms with Crippen molar-refractivity contribution in [2.45, 2.75) is 0 Å². The van der Waals surface area contributed by atoms with Crippen LogP contribution in [-0.4, -0.2) is 73.3 Å². The van der Waals surface area contributed by atoms with Gasteiger partial charge in [0, 0.05) is 50.6 Å². The first-order chi connectivity index (χ1) is 17.7. The van der Waals surface area contributed by atoms with Crippen molar-refractivity contribution in [2.75, 3.05) is 73.0 Å². The van der Waals surface area contributed by atoms with E-state index in [4.69, 9.17) is 4.74 Å². The van der Waals surface area contributed by atoms with E-state index in [9.17, 15) is 9.18 Å². The number of carbonyl (C=O) groups is 1. The summed E-state index contributed by atoms with van der Waals surface area (Å²) in [6.07, 6.45) is 2.67. The third-order valence-corrected chi connectivity index (χ3v) is 5.94. The predicted molar refractivity (Wildman–Crippen MR) is 135 cm³/mol. The molecule has 0 bridgehead atoms. The second-order valence-corrected chi connectivity index (χ2v) is 8.39. The van der Waals surface area contributed by atoms with Crippen LogP contribution in [0.25, 0.3) is 0 Å². The molecule has 3 aromatic rings. The first-order valence-corrected chi connectivity index (χ1v) is 11.9. The number of benzene rings is 1. The van der Waals surface area contributed by atoms with Gasteiger partial charge < -0.3 is 25.2 Å². The van der Waals surface area contributed by atoms with Crippen molar-refractivity contribution in [2.24, 2.45) is 0 Å². The summed E-state index contributed by atoms with van der Waals surface area (Å²) in [4.78, 5) is 29.0. The quantitative estimate of drug-likeness (QED) is 0.363. The molecule has 2 aromatic heterocycles. The Labute approximate surface area is 208 Å². The molecule has 12 heteroatoms. The Morgan fingerprint density at radius 2 is 1.81 bits per heavy atom. The maximum absolute atomic E-state index is 14.2. The van der Waals surface area contributed by atoms with Crippen LogP contribution in [0.1, 0.15) is 10.5 Å². The summed E-state index contributed by atoms with van der Waals surface area (Å²) < 4.78 is 19.5. The molecule has 0 unspecified atom stereocenters. The number of piperazine rings is 1. The van der Waals surface area contributed by atoms with Crippen molar-refractivity contribution < 1.29 is 13.9 Å². The first kappa shape index (κ1) is 23.7. The van der Waals surface area contributed by atoms with Gasteiger partial charge >= 0.3 is 0 Å². The molecule has 188 valence electrons. The highest BCUT2D eigenvalue weighted by Gasteiger charge is 2.18. The van der Waals surface area contributed by atoms with Gasteiger partial charge in [-0.3, -0.25) is 15.6 Å². The Morgan fingerprint density at radius 3 is 2.58 bits per heavy atom. The number of morpholine rings is 1. The number of anilines is 5. The highest BCUT2D eigenvalue weighted by Crippen LogP contribution is 2.23. The van der Waals surface area contributed by atoms with Gasteiger partial charge in [-0.25, -0.2) is 14.4 Å². The first-order valence-electron chi connectivity index (χ1n) is 11.9. The molecule has 0 aliphatic carbocycles. The molecule has 4 N–H and O–H groups in total. The molecule has 2 saturated heterocycles. The second-order valence-electron chi connectivity index (χ2n) is 8.39. The average Bonchev–Trinajstić information content (AvgIpc) is 2.94. The van der Waals surface area contributed by atoms with Crippen LogP contribution < -0.4 is 31.3 Å². The molecule has 0 atom stereocenters. The zero-order valence-corrected chi connectivity index (χ0v) is 19.7. The Bertz CT molecular complexity index is 1180. The molecule has 2 fully saturated rings. The van der Waals surface area contributed by atoms with Gasteiger partial charge in [0.1, 0.15) is 5.69 Å². The number of hydrogen-bond acceptors (Lipinski definition) is 10. The Hall–Kier alpha value is -4.03. The molecule has 5 rings (SSSR count). The molecule has 11 nitrogen and oxygen atoms in total. The summed E-state index contributed by atoms with van der Waals surface area (Å²) in [5, 5.41) is 6.69. The lowest BCUT2D eigenvalue weighted by Gasteiger charge is -2.29. The highest BCUT2D eigenvalue weighted by molar-refractivity contribution is 5.93. The number of carbonyl (C=O) groups excluding carboxylic acids is 1. The van der Waals surface area contributed by atoms with E-state index in [2.05, 4.69) is 53.5 Å². The molecule has 36 heavy (non-hydrogen) atoms. The second kappa shape index (κ2) is 11.1. The van der Waals surface area contributed by atoms with Gasteiger partial charge in [-0.1, -0.05) is 6.07 Å². The van der Waals surface area contributed by atoms with Crippen LogP contribution in [-0.2, 0) is 4.74 Å². The standard InChI is InChI=1S/C24H28FN9O2/c25-20-16-28-24(30-22(20)34-10-12-36-13-11-34)32-31-23(35)21-5-4-18(15-27-21)29-17-2-1-3-19(14-17)33-8-6-26-7-9-33/h1-5,14-16,26,29H,6-13H2,(H,31,35)(H,28,30,32). The fraction of sp³-hybridized carbons (Fsp3) is 0.333. The SMILES string of the molecule is O=C(NNc1ncc(F)c(N2CCOCC2)n1)c1ccc(Nc2cccc(N3CCNCC3)c2)cn1. The van der Waals surface area contributed by atoms with Gasteiger partial charge in [0.2, 0.25) is 5.95 Å². The fourth-order valence-corrected chi connectivity index (χ4v) is 4.06. The van der Waals surface area contributed by atoms with Crippen LogP contribution in [0.3, 0.4) is 0 Å². The zero-order valence-electron chi connectivity index (χ0n) is 19.7. The van der Waals surface area contributed by atoms with Crippen molar-refractivity contribution in [1.82, 2.24) is 25.7 Å². The van der Waals surface area contributed by atoms with E-state index >= 15 is 0 Å². The molecule has 0 spiro atoms. The predicted octanol–water partition coefficient (Wildman–Crippen LogP) is 1.76. The summed E-state index contributed by atoms with van der Waals surface area (Å²) in [6.45, 7) is 5.96. The van der Waals surface area contributed by atoms with E-state index in [1.807, 2.05) is 12.1 Å². The average molecular weight is 494 g/mol. The molecule has 1 amide bonds. The van der Waals surface area contributed by atoms with Crippen molar-refractivity contribution in [3.8, 4) is 0 Å². The van der Waals surface area contributed by atoms with Gasteiger partial charge in [0.25, 0.3) is 5.91 Å². The van der Waals surface area contributed by atoms with Crippen LogP contribution in [0.5, 0.6) is 0 Å². The minimum absolute atomic E-state index is 0.0777. The molecule has 4 heterocycles. The topological polar surface area (TPSA) is 120 Å². The smallest absolute Gasteiger partial charge is 0.288 e. The van der Waals surface area contributed by atoms with E-state index in [0.717, 1.165) is 49.4 Å². The van der Waals surface area contributed by atoms with E-state index in [0.29, 0.717) is 26.3 Å². The number of amides is 1. The monoisotopic (exact) mass is 493 g/mol. The normalized spacial score (nSPS) is 15.9. The summed E-state index contributed by atoms with van der Waals surface area (Å²) in [6, 6.07) is 11.6. The number of nitrogens with one attached hydrogen (secondary N) is 4. The molecule has 2 aliphatic heterocycles. The Balaban J connectivity index is 1.17. The lowest BCUT2D eigenvalue weighted by molar-refractivity contribution is 0.0957. The van der Waals surface area contributed by atoms with Gasteiger partial charge in [0.15, 0.2) is 11.6 Å². The Kier molecular flexibility index (Phi) is 7.33. The third kappa shape index (κ3) is 5.78. The Morgan fingerprint density at radius 1 is 0.972 bits per heavy atom. The maximum Gasteiger partial charge on any atom is 0.288 e. The number of halogens is 1. The number of hydrazine groups is 1. The van der Waals surface area contributed by atoms with Crippen molar-refractivity contribution in [3.63, 3.8) is 0 Å². The molecular weight excluding hydrogens is 465 g/mol. The van der Waals surface area contributed by atoms with Crippen LogP contribution in [0.4, 0.5) is 33.2 Å². The lowest BCUT2D eigenvalue weighted by Crippen LogP contribution is -2.43.